The molecule has 0 aliphatic carbocycles. The number of aromatic nitrogens is 1. The third-order valence-corrected chi connectivity index (χ3v) is 4.15. The number of benzene rings is 1. The van der Waals surface area contributed by atoms with E-state index in [1.54, 1.807) is 23.1 Å². The van der Waals surface area contributed by atoms with E-state index in [4.69, 9.17) is 0 Å². The molecule has 3 nitrogen and oxygen atoms in total. The molecular formula is C16H19FN2OS. The molecule has 1 aromatic carbocycles. The van der Waals surface area contributed by atoms with Crippen LogP contribution in [0, 0.1) is 5.82 Å². The van der Waals surface area contributed by atoms with Gasteiger partial charge in [-0.3, -0.25) is 4.79 Å². The Morgan fingerprint density at radius 2 is 2.00 bits per heavy atom. The molecule has 2 aromatic rings. The molecule has 0 N–H and O–H groups in total. The predicted molar refractivity (Wildman–Crippen MR) is 85.3 cm³/mol. The zero-order valence-electron chi connectivity index (χ0n) is 12.7. The van der Waals surface area contributed by atoms with Crippen LogP contribution in [0.25, 0.3) is 0 Å². The first-order valence-electron chi connectivity index (χ1n) is 6.87. The summed E-state index contributed by atoms with van der Waals surface area (Å²) in [6.07, 6.45) is 0.830. The molecule has 0 atom stereocenters. The van der Waals surface area contributed by atoms with Gasteiger partial charge in [-0.05, 0) is 19.1 Å². The maximum Gasteiger partial charge on any atom is 0.190 e. The van der Waals surface area contributed by atoms with Gasteiger partial charge in [0.25, 0.3) is 0 Å². The predicted octanol–water partition coefficient (Wildman–Crippen LogP) is 4.55. The van der Waals surface area contributed by atoms with Gasteiger partial charge in [0.05, 0.1) is 16.3 Å². The molecule has 0 aliphatic rings. The number of halogens is 1. The normalized spacial score (nSPS) is 11.5. The number of carbonyl (C=O) groups excluding carboxylic acids is 1. The molecule has 0 aliphatic heterocycles. The molecule has 0 spiro atoms. The Bertz CT molecular complexity index is 646. The second kappa shape index (κ2) is 5.93. The van der Waals surface area contributed by atoms with Crippen LogP contribution < -0.4 is 4.90 Å². The van der Waals surface area contributed by atoms with Gasteiger partial charge in [-0.2, -0.15) is 0 Å². The third kappa shape index (κ3) is 3.13. The van der Waals surface area contributed by atoms with Gasteiger partial charge in [-0.15, -0.1) is 0 Å². The van der Waals surface area contributed by atoms with Crippen molar-refractivity contribution in [3.8, 4) is 0 Å². The minimum Gasteiger partial charge on any atom is -0.315 e. The van der Waals surface area contributed by atoms with Gasteiger partial charge in [-0.1, -0.05) is 44.2 Å². The van der Waals surface area contributed by atoms with E-state index in [0.717, 1.165) is 12.0 Å². The molecule has 0 unspecified atom stereocenters. The molecule has 5 heteroatoms. The maximum absolute atomic E-state index is 14.0. The lowest BCUT2D eigenvalue weighted by atomic mass is 9.91. The molecular weight excluding hydrogens is 287 g/mol. The maximum atomic E-state index is 14.0. The van der Waals surface area contributed by atoms with Crippen LogP contribution in [0.3, 0.4) is 0 Å². The van der Waals surface area contributed by atoms with E-state index in [-0.39, 0.29) is 11.2 Å². The fourth-order valence-corrected chi connectivity index (χ4v) is 3.30. The Kier molecular flexibility index (Phi) is 4.42. The summed E-state index contributed by atoms with van der Waals surface area (Å²) >= 11 is 1.30. The Morgan fingerprint density at radius 1 is 1.33 bits per heavy atom. The number of nitrogens with zero attached hydrogens (tertiary/aromatic N) is 2. The highest BCUT2D eigenvalue weighted by atomic mass is 32.1. The van der Waals surface area contributed by atoms with Crippen molar-refractivity contribution in [2.45, 2.75) is 33.1 Å². The Hall–Kier alpha value is -1.75. The van der Waals surface area contributed by atoms with E-state index in [1.165, 1.54) is 17.4 Å². The zero-order valence-corrected chi connectivity index (χ0v) is 13.5. The van der Waals surface area contributed by atoms with Crippen molar-refractivity contribution in [3.63, 3.8) is 0 Å². The van der Waals surface area contributed by atoms with Crippen LogP contribution in [0.4, 0.5) is 15.2 Å². The van der Waals surface area contributed by atoms with Crippen molar-refractivity contribution in [2.24, 2.45) is 0 Å². The van der Waals surface area contributed by atoms with Crippen LogP contribution in [-0.2, 0) is 5.41 Å². The van der Waals surface area contributed by atoms with E-state index in [2.05, 4.69) is 4.98 Å². The summed E-state index contributed by atoms with van der Waals surface area (Å²) < 4.78 is 14.0. The summed E-state index contributed by atoms with van der Waals surface area (Å²) in [6, 6.07) is 6.60. The molecule has 1 aromatic heterocycles. The number of para-hydroxylation sites is 1. The lowest BCUT2D eigenvalue weighted by Gasteiger charge is -2.21. The number of rotatable bonds is 4. The first-order chi connectivity index (χ1) is 9.88. The highest BCUT2D eigenvalue weighted by Crippen LogP contribution is 2.36. The molecule has 0 fully saturated rings. The van der Waals surface area contributed by atoms with E-state index >= 15 is 0 Å². The average molecular weight is 306 g/mol. The zero-order chi connectivity index (χ0) is 15.6. The number of anilines is 2. The van der Waals surface area contributed by atoms with E-state index in [0.29, 0.717) is 22.2 Å². The minimum atomic E-state index is -0.292. The van der Waals surface area contributed by atoms with Crippen molar-refractivity contribution >= 4 is 28.4 Å². The monoisotopic (exact) mass is 306 g/mol. The standard InChI is InChI=1S/C16H19FN2OS/c1-5-19(12-9-7-6-8-11(12)17)15-18-14(16(2,3)4)13(10-20)21-15/h6-10H,5H2,1-4H3. The quantitative estimate of drug-likeness (QED) is 0.777. The molecule has 1 heterocycles. The number of thiazole rings is 1. The van der Waals surface area contributed by atoms with E-state index in [1.807, 2.05) is 27.7 Å². The van der Waals surface area contributed by atoms with Crippen molar-refractivity contribution in [2.75, 3.05) is 11.4 Å². The van der Waals surface area contributed by atoms with Gasteiger partial charge >= 0.3 is 0 Å². The largest absolute Gasteiger partial charge is 0.315 e. The van der Waals surface area contributed by atoms with Crippen molar-refractivity contribution in [1.82, 2.24) is 4.98 Å². The average Bonchev–Trinajstić information content (AvgIpc) is 2.86. The van der Waals surface area contributed by atoms with Crippen LogP contribution in [0.5, 0.6) is 0 Å². The molecule has 21 heavy (non-hydrogen) atoms. The highest BCUT2D eigenvalue weighted by molar-refractivity contribution is 7.17. The van der Waals surface area contributed by atoms with E-state index < -0.39 is 0 Å². The summed E-state index contributed by atoms with van der Waals surface area (Å²) in [5, 5.41) is 0.648. The van der Waals surface area contributed by atoms with Gasteiger partial charge in [0, 0.05) is 12.0 Å². The molecule has 0 bridgehead atoms. The lowest BCUT2D eigenvalue weighted by molar-refractivity contribution is 0.112. The van der Waals surface area contributed by atoms with E-state index in [9.17, 15) is 9.18 Å². The van der Waals surface area contributed by atoms with Crippen LogP contribution in [-0.4, -0.2) is 17.8 Å². The second-order valence-corrected chi connectivity index (χ2v) is 6.78. The molecule has 112 valence electrons. The minimum absolute atomic E-state index is 0.223. The van der Waals surface area contributed by atoms with Gasteiger partial charge in [0.15, 0.2) is 11.4 Å². The number of hydrogen-bond acceptors (Lipinski definition) is 4. The molecule has 0 saturated carbocycles. The molecule has 2 rings (SSSR count). The van der Waals surface area contributed by atoms with Crippen LogP contribution in [0.15, 0.2) is 24.3 Å². The number of aldehydes is 1. The van der Waals surface area contributed by atoms with Gasteiger partial charge in [0.2, 0.25) is 0 Å². The lowest BCUT2D eigenvalue weighted by Crippen LogP contribution is -2.18. The van der Waals surface area contributed by atoms with Gasteiger partial charge in [0.1, 0.15) is 5.82 Å². The first-order valence-corrected chi connectivity index (χ1v) is 7.68. The molecule has 0 radical (unpaired) electrons. The van der Waals surface area contributed by atoms with Crippen LogP contribution in [0.2, 0.25) is 0 Å². The Balaban J connectivity index is 2.52. The SMILES string of the molecule is CCN(c1nc(C(C)(C)C)c(C=O)s1)c1ccccc1F. The Labute approximate surface area is 128 Å². The first kappa shape index (κ1) is 15.6. The summed E-state index contributed by atoms with van der Waals surface area (Å²) in [4.78, 5) is 18.3. The summed E-state index contributed by atoms with van der Waals surface area (Å²) in [5.74, 6) is -0.292. The molecule has 0 amide bonds. The fraction of sp³-hybridized carbons (Fsp3) is 0.375. The van der Waals surface area contributed by atoms with Crippen LogP contribution >= 0.6 is 11.3 Å². The van der Waals surface area contributed by atoms with Crippen LogP contribution in [0.1, 0.15) is 43.1 Å². The molecule has 0 saturated heterocycles. The Morgan fingerprint density at radius 3 is 2.48 bits per heavy atom. The van der Waals surface area contributed by atoms with Crippen molar-refractivity contribution < 1.29 is 9.18 Å². The highest BCUT2D eigenvalue weighted by Gasteiger charge is 2.25. The number of carbonyl (C=O) groups is 1. The fourth-order valence-electron chi connectivity index (χ4n) is 2.13. The summed E-state index contributed by atoms with van der Waals surface area (Å²) in [5.41, 5.74) is 1.01. The smallest absolute Gasteiger partial charge is 0.190 e. The van der Waals surface area contributed by atoms with Gasteiger partial charge in [-0.25, -0.2) is 9.37 Å². The topological polar surface area (TPSA) is 33.2 Å². The van der Waals surface area contributed by atoms with Gasteiger partial charge < -0.3 is 4.90 Å². The second-order valence-electron chi connectivity index (χ2n) is 5.77. The van der Waals surface area contributed by atoms with Crippen molar-refractivity contribution in [1.29, 1.82) is 0 Å². The summed E-state index contributed by atoms with van der Waals surface area (Å²) in [6.45, 7) is 8.55. The number of hydrogen-bond donors (Lipinski definition) is 0. The summed E-state index contributed by atoms with van der Waals surface area (Å²) in [7, 11) is 0. The third-order valence-electron chi connectivity index (χ3n) is 3.15. The van der Waals surface area contributed by atoms with Crippen molar-refractivity contribution in [3.05, 3.63) is 40.7 Å².